The number of thiol groups is 1. The molecule has 0 aromatic heterocycles. The highest BCUT2D eigenvalue weighted by Gasteiger charge is 2.18. The lowest BCUT2D eigenvalue weighted by Crippen LogP contribution is -2.28. The predicted molar refractivity (Wildman–Crippen MR) is 78.3 cm³/mol. The number of likely N-dealkylation sites (tertiary alicyclic amines) is 1. The van der Waals surface area contributed by atoms with Crippen LogP contribution in [0.2, 0.25) is 0 Å². The number of hydrogen-bond acceptors (Lipinski definition) is 2. The van der Waals surface area contributed by atoms with E-state index < -0.39 is 0 Å². The van der Waals surface area contributed by atoms with Crippen LogP contribution >= 0.6 is 10.9 Å². The third kappa shape index (κ3) is 3.73. The van der Waals surface area contributed by atoms with Gasteiger partial charge in [-0.3, -0.25) is 0 Å². The zero-order valence-corrected chi connectivity index (χ0v) is 11.8. The van der Waals surface area contributed by atoms with Gasteiger partial charge in [-0.15, -0.1) is 0 Å². The van der Waals surface area contributed by atoms with Gasteiger partial charge in [-0.05, 0) is 48.4 Å². The molecule has 2 nitrogen and oxygen atoms in total. The molecule has 0 radical (unpaired) electrons. The van der Waals surface area contributed by atoms with E-state index in [2.05, 4.69) is 41.7 Å². The van der Waals surface area contributed by atoms with Crippen molar-refractivity contribution in [3.63, 3.8) is 0 Å². The van der Waals surface area contributed by atoms with E-state index in [0.29, 0.717) is 6.04 Å². The van der Waals surface area contributed by atoms with Crippen LogP contribution in [-0.2, 0) is 6.42 Å². The van der Waals surface area contributed by atoms with E-state index in [9.17, 15) is 0 Å². The molecule has 17 heavy (non-hydrogen) atoms. The Morgan fingerprint density at radius 1 is 1.41 bits per heavy atom. The highest BCUT2D eigenvalue weighted by atomic mass is 32.2. The lowest BCUT2D eigenvalue weighted by atomic mass is 10.1. The average molecular weight is 252 g/mol. The van der Waals surface area contributed by atoms with Crippen LogP contribution in [0.4, 0.5) is 0 Å². The largest absolute Gasteiger partial charge is 0.326 e. The van der Waals surface area contributed by atoms with Gasteiger partial charge in [0.25, 0.3) is 0 Å². The lowest BCUT2D eigenvalue weighted by molar-refractivity contribution is 0.339. The van der Waals surface area contributed by atoms with Gasteiger partial charge in [-0.1, -0.05) is 18.2 Å². The molecule has 96 valence electrons. The molecule has 1 aromatic carbocycles. The molecule has 0 saturated carbocycles. The molecule has 0 spiro atoms. The second-order valence-corrected chi connectivity index (χ2v) is 7.47. The van der Waals surface area contributed by atoms with E-state index in [1.807, 2.05) is 0 Å². The minimum absolute atomic E-state index is 0.0265. The molecule has 0 unspecified atom stereocenters. The molecule has 2 N–H and O–H groups in total. The normalized spacial score (nSPS) is 21.8. The van der Waals surface area contributed by atoms with Crippen molar-refractivity contribution >= 4 is 10.9 Å². The summed E-state index contributed by atoms with van der Waals surface area (Å²) in [5.74, 6) is 0. The van der Waals surface area contributed by atoms with Crippen LogP contribution in [0.15, 0.2) is 29.2 Å². The molecular formula is C14H24N2S. The maximum atomic E-state index is 5.92. The molecule has 1 aliphatic rings. The standard InChI is InChI=1S/C14H24N2S/c1-17(2)14-5-3-4-12(10-14)6-8-16-9-7-13(15)11-16/h3-5,10,13,17H,6-9,11,15H2,1-2H3/t13-/m0/s1. The summed E-state index contributed by atoms with van der Waals surface area (Å²) in [6, 6.07) is 9.48. The van der Waals surface area contributed by atoms with Crippen LogP contribution in [0.25, 0.3) is 0 Å². The maximum Gasteiger partial charge on any atom is 0.0180 e. The first-order valence-electron chi connectivity index (χ1n) is 6.39. The van der Waals surface area contributed by atoms with Crippen molar-refractivity contribution in [2.75, 3.05) is 32.1 Å². The molecule has 1 aromatic rings. The number of nitrogens with two attached hydrogens (primary N) is 1. The third-order valence-electron chi connectivity index (χ3n) is 3.45. The van der Waals surface area contributed by atoms with Gasteiger partial charge in [0.1, 0.15) is 0 Å². The fourth-order valence-corrected chi connectivity index (χ4v) is 3.15. The Kier molecular flexibility index (Phi) is 4.48. The van der Waals surface area contributed by atoms with Gasteiger partial charge in [0, 0.05) is 19.1 Å². The van der Waals surface area contributed by atoms with Crippen molar-refractivity contribution in [3.8, 4) is 0 Å². The summed E-state index contributed by atoms with van der Waals surface area (Å²) >= 11 is 0. The Labute approximate surface area is 108 Å². The summed E-state index contributed by atoms with van der Waals surface area (Å²) < 4.78 is 0. The van der Waals surface area contributed by atoms with Crippen molar-refractivity contribution < 1.29 is 0 Å². The zero-order chi connectivity index (χ0) is 12.3. The molecule has 1 heterocycles. The summed E-state index contributed by atoms with van der Waals surface area (Å²) in [6.07, 6.45) is 6.95. The second-order valence-electron chi connectivity index (χ2n) is 5.16. The third-order valence-corrected chi connectivity index (χ3v) is 4.76. The quantitative estimate of drug-likeness (QED) is 0.801. The molecule has 2 rings (SSSR count). The Bertz CT molecular complexity index is 365. The van der Waals surface area contributed by atoms with Crippen molar-refractivity contribution in [2.24, 2.45) is 5.73 Å². The van der Waals surface area contributed by atoms with Crippen LogP contribution in [0.1, 0.15) is 12.0 Å². The molecule has 1 atom stereocenters. The summed E-state index contributed by atoms with van der Waals surface area (Å²) in [4.78, 5) is 3.99. The van der Waals surface area contributed by atoms with Gasteiger partial charge in [0.15, 0.2) is 0 Å². The topological polar surface area (TPSA) is 29.3 Å². The zero-order valence-electron chi connectivity index (χ0n) is 10.9. The van der Waals surface area contributed by atoms with E-state index in [1.165, 1.54) is 17.0 Å². The molecule has 1 aliphatic heterocycles. The van der Waals surface area contributed by atoms with E-state index in [0.717, 1.165) is 25.9 Å². The molecule has 0 amide bonds. The van der Waals surface area contributed by atoms with Crippen molar-refractivity contribution in [1.29, 1.82) is 0 Å². The molecule has 0 bridgehead atoms. The summed E-state index contributed by atoms with van der Waals surface area (Å²) in [6.45, 7) is 3.41. The molecular weight excluding hydrogens is 228 g/mol. The van der Waals surface area contributed by atoms with Gasteiger partial charge in [-0.25, -0.2) is 10.9 Å². The van der Waals surface area contributed by atoms with Gasteiger partial charge in [-0.2, -0.15) is 0 Å². The van der Waals surface area contributed by atoms with Crippen LogP contribution in [-0.4, -0.2) is 43.1 Å². The highest BCUT2D eigenvalue weighted by molar-refractivity contribution is 8.15. The Hall–Kier alpha value is -0.510. The van der Waals surface area contributed by atoms with Crippen LogP contribution in [0, 0.1) is 0 Å². The molecule has 1 saturated heterocycles. The van der Waals surface area contributed by atoms with Gasteiger partial charge >= 0.3 is 0 Å². The number of hydrogen-bond donors (Lipinski definition) is 2. The second kappa shape index (κ2) is 5.89. The fourth-order valence-electron chi connectivity index (χ4n) is 2.34. The molecule has 0 aliphatic carbocycles. The van der Waals surface area contributed by atoms with Gasteiger partial charge in [0.05, 0.1) is 0 Å². The SMILES string of the molecule is C[SH](C)c1cccc(CCN2CC[C@H](N)C2)c1. The van der Waals surface area contributed by atoms with Crippen LogP contribution < -0.4 is 5.73 Å². The first kappa shape index (κ1) is 12.9. The first-order chi connectivity index (χ1) is 8.15. The van der Waals surface area contributed by atoms with Gasteiger partial charge in [0.2, 0.25) is 0 Å². The fraction of sp³-hybridized carbons (Fsp3) is 0.571. The smallest absolute Gasteiger partial charge is 0.0180 e. The Morgan fingerprint density at radius 3 is 2.88 bits per heavy atom. The van der Waals surface area contributed by atoms with Crippen LogP contribution in [0.5, 0.6) is 0 Å². The summed E-state index contributed by atoms with van der Waals surface area (Å²) in [7, 11) is 0.0265. The molecule has 1 fully saturated rings. The number of nitrogens with zero attached hydrogens (tertiary/aromatic N) is 1. The predicted octanol–water partition coefficient (Wildman–Crippen LogP) is 1.88. The monoisotopic (exact) mass is 252 g/mol. The minimum Gasteiger partial charge on any atom is -0.326 e. The Morgan fingerprint density at radius 2 is 2.24 bits per heavy atom. The minimum atomic E-state index is 0.0265. The van der Waals surface area contributed by atoms with Crippen LogP contribution in [0.3, 0.4) is 0 Å². The van der Waals surface area contributed by atoms with E-state index >= 15 is 0 Å². The van der Waals surface area contributed by atoms with E-state index in [4.69, 9.17) is 5.73 Å². The number of rotatable bonds is 4. The average Bonchev–Trinajstić information content (AvgIpc) is 2.73. The lowest BCUT2D eigenvalue weighted by Gasteiger charge is -2.16. The first-order valence-corrected chi connectivity index (χ1v) is 8.63. The maximum absolute atomic E-state index is 5.92. The van der Waals surface area contributed by atoms with Crippen molar-refractivity contribution in [3.05, 3.63) is 29.8 Å². The van der Waals surface area contributed by atoms with Crippen molar-refractivity contribution in [1.82, 2.24) is 4.90 Å². The highest BCUT2D eigenvalue weighted by Crippen LogP contribution is 2.28. The van der Waals surface area contributed by atoms with Gasteiger partial charge < -0.3 is 10.6 Å². The van der Waals surface area contributed by atoms with E-state index in [1.54, 1.807) is 0 Å². The van der Waals surface area contributed by atoms with E-state index in [-0.39, 0.29) is 10.9 Å². The van der Waals surface area contributed by atoms with Crippen molar-refractivity contribution in [2.45, 2.75) is 23.8 Å². The Balaban J connectivity index is 1.88. The molecule has 3 heteroatoms. The number of benzene rings is 1. The summed E-state index contributed by atoms with van der Waals surface area (Å²) in [5.41, 5.74) is 7.39. The summed E-state index contributed by atoms with van der Waals surface area (Å²) in [5, 5.41) is 0.